The Balaban J connectivity index is 1.54. The average Bonchev–Trinajstić information content (AvgIpc) is 3.34. The number of benzene rings is 2. The molecule has 0 saturated carbocycles. The van der Waals surface area contributed by atoms with E-state index < -0.39 is 5.41 Å². The van der Waals surface area contributed by atoms with Crippen molar-refractivity contribution in [3.8, 4) is 0 Å². The van der Waals surface area contributed by atoms with Crippen molar-refractivity contribution in [2.45, 2.75) is 38.5 Å². The molecule has 1 heterocycles. The number of nitrogens with one attached hydrogen (secondary N) is 1. The third-order valence-electron chi connectivity index (χ3n) is 5.63. The van der Waals surface area contributed by atoms with Crippen molar-refractivity contribution in [1.29, 1.82) is 0 Å². The van der Waals surface area contributed by atoms with Crippen LogP contribution in [-0.4, -0.2) is 23.4 Å². The summed E-state index contributed by atoms with van der Waals surface area (Å²) < 4.78 is 0. The van der Waals surface area contributed by atoms with Crippen molar-refractivity contribution in [2.75, 3.05) is 21.8 Å². The number of fused-ring (bicyclic) bond motifs is 1. The van der Waals surface area contributed by atoms with E-state index in [4.69, 9.17) is 11.6 Å². The monoisotopic (exact) mass is 428 g/mol. The van der Waals surface area contributed by atoms with E-state index >= 15 is 0 Å². The van der Waals surface area contributed by atoms with Gasteiger partial charge in [0.2, 0.25) is 11.8 Å². The molecule has 6 heteroatoms. The number of anilines is 2. The summed E-state index contributed by atoms with van der Waals surface area (Å²) in [5.41, 5.74) is 4.91. The molecule has 152 valence electrons. The predicted octanol–water partition coefficient (Wildman–Crippen LogP) is 5.16. The number of nitrogens with zero attached hydrogens (tertiary/aromatic N) is 1. The number of aryl methyl sites for hydroxylation is 2. The molecule has 0 bridgehead atoms. The fourth-order valence-electron chi connectivity index (χ4n) is 3.75. The van der Waals surface area contributed by atoms with Crippen LogP contribution >= 0.6 is 23.4 Å². The highest BCUT2D eigenvalue weighted by atomic mass is 35.5. The number of rotatable bonds is 5. The van der Waals surface area contributed by atoms with Crippen molar-refractivity contribution in [1.82, 2.24) is 0 Å². The van der Waals surface area contributed by atoms with E-state index in [9.17, 15) is 9.59 Å². The summed E-state index contributed by atoms with van der Waals surface area (Å²) in [6.07, 6.45) is 3.42. The molecule has 1 atom stereocenters. The molecule has 0 radical (unpaired) electrons. The smallest absolute Gasteiger partial charge is 0.238 e. The summed E-state index contributed by atoms with van der Waals surface area (Å²) in [5, 5.41) is 2.87. The van der Waals surface area contributed by atoms with Gasteiger partial charge in [0.05, 0.1) is 11.2 Å². The first kappa shape index (κ1) is 20.3. The third kappa shape index (κ3) is 4.03. The zero-order chi connectivity index (χ0) is 20.6. The predicted molar refractivity (Wildman–Crippen MR) is 121 cm³/mol. The van der Waals surface area contributed by atoms with Gasteiger partial charge in [-0.05, 0) is 74.1 Å². The van der Waals surface area contributed by atoms with E-state index in [-0.39, 0.29) is 23.1 Å². The molecule has 1 fully saturated rings. The van der Waals surface area contributed by atoms with Crippen LogP contribution in [0.2, 0.25) is 0 Å². The van der Waals surface area contributed by atoms with E-state index in [1.54, 1.807) is 11.8 Å². The van der Waals surface area contributed by atoms with E-state index in [1.165, 1.54) is 17.5 Å². The molecule has 4 rings (SSSR count). The van der Waals surface area contributed by atoms with E-state index in [0.717, 1.165) is 29.8 Å². The first-order chi connectivity index (χ1) is 13.9. The lowest BCUT2D eigenvalue weighted by molar-refractivity contribution is -0.123. The summed E-state index contributed by atoms with van der Waals surface area (Å²) >= 11 is 7.53. The fraction of sp³-hybridized carbons (Fsp3) is 0.391. The highest BCUT2D eigenvalue weighted by Gasteiger charge is 2.34. The number of amides is 2. The van der Waals surface area contributed by atoms with Gasteiger partial charge in [-0.15, -0.1) is 23.4 Å². The van der Waals surface area contributed by atoms with Gasteiger partial charge >= 0.3 is 0 Å². The normalized spacial score (nSPS) is 18.8. The van der Waals surface area contributed by atoms with Gasteiger partial charge in [0.25, 0.3) is 0 Å². The van der Waals surface area contributed by atoms with Crippen LogP contribution in [0, 0.1) is 5.41 Å². The molecule has 0 aromatic heterocycles. The highest BCUT2D eigenvalue weighted by Crippen LogP contribution is 2.43. The molecule has 2 amide bonds. The first-order valence-electron chi connectivity index (χ1n) is 9.92. The summed E-state index contributed by atoms with van der Waals surface area (Å²) in [5.74, 6) is 0.766. The number of hydrogen-bond donors (Lipinski definition) is 1. The van der Waals surface area contributed by atoms with E-state index in [0.29, 0.717) is 5.75 Å². The zero-order valence-corrected chi connectivity index (χ0v) is 18.3. The fourth-order valence-corrected chi connectivity index (χ4v) is 5.05. The Bertz CT molecular complexity index is 942. The van der Waals surface area contributed by atoms with Gasteiger partial charge in [-0.1, -0.05) is 18.2 Å². The molecule has 0 spiro atoms. The van der Waals surface area contributed by atoms with Crippen LogP contribution in [0.1, 0.15) is 42.3 Å². The Labute approximate surface area is 181 Å². The highest BCUT2D eigenvalue weighted by molar-refractivity contribution is 8.00. The molecule has 2 aromatic rings. The maximum absolute atomic E-state index is 12.7. The number of hydrogen-bond acceptors (Lipinski definition) is 3. The van der Waals surface area contributed by atoms with Crippen LogP contribution in [0.25, 0.3) is 0 Å². The van der Waals surface area contributed by atoms with E-state index in [2.05, 4.69) is 23.5 Å². The Morgan fingerprint density at radius 2 is 1.90 bits per heavy atom. The lowest BCUT2D eigenvalue weighted by Crippen LogP contribution is -2.32. The molecule has 1 aliphatic heterocycles. The summed E-state index contributed by atoms with van der Waals surface area (Å²) in [4.78, 5) is 26.9. The van der Waals surface area contributed by atoms with Crippen molar-refractivity contribution in [3.63, 3.8) is 0 Å². The topological polar surface area (TPSA) is 49.4 Å². The summed E-state index contributed by atoms with van der Waals surface area (Å²) in [6.45, 7) is 3.64. The number of alkyl halides is 1. The van der Waals surface area contributed by atoms with Gasteiger partial charge in [0.15, 0.2) is 0 Å². The molecule has 0 unspecified atom stereocenters. The number of carbonyl (C=O) groups excluding carboxylic acids is 2. The molecule has 1 saturated heterocycles. The second kappa shape index (κ2) is 8.04. The number of halogens is 1. The lowest BCUT2D eigenvalue weighted by Gasteiger charge is -2.25. The molecular formula is C23H25ClN2O2S. The minimum absolute atomic E-state index is 0.0500. The van der Waals surface area contributed by atoms with Gasteiger partial charge in [0, 0.05) is 17.3 Å². The molecule has 2 aromatic carbocycles. The van der Waals surface area contributed by atoms with Gasteiger partial charge in [-0.3, -0.25) is 14.5 Å². The maximum Gasteiger partial charge on any atom is 0.238 e. The average molecular weight is 429 g/mol. The van der Waals surface area contributed by atoms with Gasteiger partial charge in [0.1, 0.15) is 5.37 Å². The Morgan fingerprint density at radius 1 is 1.17 bits per heavy atom. The minimum Gasteiger partial charge on any atom is -0.326 e. The quantitative estimate of drug-likeness (QED) is 0.669. The lowest BCUT2D eigenvalue weighted by atomic mass is 9.95. The second-order valence-corrected chi connectivity index (χ2v) is 9.66. The van der Waals surface area contributed by atoms with Gasteiger partial charge < -0.3 is 5.32 Å². The SMILES string of the molecule is CC(C)(CCl)C(=O)Nc1ccc([C@H]2SCC(=O)N2c2ccc3c(c2)CCC3)cc1. The summed E-state index contributed by atoms with van der Waals surface area (Å²) in [6, 6.07) is 14.2. The molecule has 1 aliphatic carbocycles. The molecule has 4 nitrogen and oxygen atoms in total. The molecular weight excluding hydrogens is 404 g/mol. The second-order valence-electron chi connectivity index (χ2n) is 8.33. The number of carbonyl (C=O) groups is 2. The number of thioether (sulfide) groups is 1. The van der Waals surface area contributed by atoms with Crippen LogP contribution in [-0.2, 0) is 22.4 Å². The Kier molecular flexibility index (Phi) is 5.63. The molecule has 1 N–H and O–H groups in total. The van der Waals surface area contributed by atoms with Crippen molar-refractivity contribution in [3.05, 3.63) is 59.2 Å². The Hall–Kier alpha value is -1.98. The van der Waals surface area contributed by atoms with Crippen LogP contribution in [0.15, 0.2) is 42.5 Å². The standard InChI is InChI=1S/C23H25ClN2O2S/c1-23(2,14-24)22(28)25-18-9-6-16(7-10-18)21-26(20(27)13-29-21)19-11-8-15-4-3-5-17(15)12-19/h6-12,21H,3-5,13-14H2,1-2H3,(H,25,28)/t21-/m1/s1. The van der Waals surface area contributed by atoms with Crippen molar-refractivity contribution >= 4 is 46.6 Å². The summed E-state index contributed by atoms with van der Waals surface area (Å²) in [7, 11) is 0. The third-order valence-corrected chi connectivity index (χ3v) is 7.51. The molecule has 2 aliphatic rings. The van der Waals surface area contributed by atoms with E-state index in [1.807, 2.05) is 43.0 Å². The van der Waals surface area contributed by atoms with Crippen LogP contribution in [0.5, 0.6) is 0 Å². The zero-order valence-electron chi connectivity index (χ0n) is 16.7. The largest absolute Gasteiger partial charge is 0.326 e. The minimum atomic E-state index is -0.627. The van der Waals surface area contributed by atoms with Crippen LogP contribution in [0.4, 0.5) is 11.4 Å². The van der Waals surface area contributed by atoms with Crippen molar-refractivity contribution in [2.24, 2.45) is 5.41 Å². The molecule has 29 heavy (non-hydrogen) atoms. The van der Waals surface area contributed by atoms with Crippen LogP contribution < -0.4 is 10.2 Å². The van der Waals surface area contributed by atoms with Crippen molar-refractivity contribution < 1.29 is 9.59 Å². The van der Waals surface area contributed by atoms with Crippen LogP contribution in [0.3, 0.4) is 0 Å². The first-order valence-corrected chi connectivity index (χ1v) is 11.5. The maximum atomic E-state index is 12.7. The Morgan fingerprint density at radius 3 is 2.62 bits per heavy atom. The van der Waals surface area contributed by atoms with Gasteiger partial charge in [-0.2, -0.15) is 0 Å². The van der Waals surface area contributed by atoms with Gasteiger partial charge in [-0.25, -0.2) is 0 Å².